The molecule has 3 heterocycles. The summed E-state index contributed by atoms with van der Waals surface area (Å²) in [6.45, 7) is 3.93. The number of carbonyl (C=O) groups is 2. The number of imide groups is 1. The normalized spacial score (nSPS) is 14.2. The Bertz CT molecular complexity index is 1010. The van der Waals surface area contributed by atoms with Crippen LogP contribution in [0.1, 0.15) is 11.3 Å². The summed E-state index contributed by atoms with van der Waals surface area (Å²) in [5.74, 6) is -0.635. The van der Waals surface area contributed by atoms with Crippen molar-refractivity contribution in [2.24, 2.45) is 0 Å². The lowest BCUT2D eigenvalue weighted by Gasteiger charge is -2.12. The third-order valence-electron chi connectivity index (χ3n) is 4.20. The zero-order chi connectivity index (χ0) is 16.8. The van der Waals surface area contributed by atoms with Gasteiger partial charge in [-0.15, -0.1) is 0 Å². The predicted molar refractivity (Wildman–Crippen MR) is 92.2 cm³/mol. The number of hydrogen-bond donors (Lipinski definition) is 0. The van der Waals surface area contributed by atoms with Gasteiger partial charge in [0, 0.05) is 29.9 Å². The van der Waals surface area contributed by atoms with Crippen LogP contribution in [0.2, 0.25) is 0 Å². The van der Waals surface area contributed by atoms with Crippen LogP contribution in [0.4, 0.5) is 5.69 Å². The molecule has 0 fully saturated rings. The maximum atomic E-state index is 12.1. The largest absolute Gasteiger partial charge is 0.313 e. The third kappa shape index (κ3) is 2.06. The number of amides is 2. The van der Waals surface area contributed by atoms with Crippen molar-refractivity contribution in [3.05, 3.63) is 66.1 Å². The second-order valence-corrected chi connectivity index (χ2v) is 5.86. The van der Waals surface area contributed by atoms with Gasteiger partial charge >= 0.3 is 0 Å². The van der Waals surface area contributed by atoms with Crippen molar-refractivity contribution in [2.75, 3.05) is 4.90 Å². The van der Waals surface area contributed by atoms with E-state index >= 15 is 0 Å². The van der Waals surface area contributed by atoms with Crippen LogP contribution < -0.4 is 4.90 Å². The summed E-state index contributed by atoms with van der Waals surface area (Å²) in [6, 6.07) is 9.77. The monoisotopic (exact) mass is 317 g/mol. The van der Waals surface area contributed by atoms with E-state index in [4.69, 9.17) is 0 Å². The van der Waals surface area contributed by atoms with E-state index in [2.05, 4.69) is 4.98 Å². The molecule has 5 heteroatoms. The molecule has 0 N–H and O–H groups in total. The molecule has 2 aromatic heterocycles. The van der Waals surface area contributed by atoms with Gasteiger partial charge in [-0.1, -0.05) is 18.2 Å². The third-order valence-corrected chi connectivity index (χ3v) is 4.20. The van der Waals surface area contributed by atoms with Crippen LogP contribution in [0.15, 0.2) is 54.9 Å². The lowest BCUT2D eigenvalue weighted by Crippen LogP contribution is -2.29. The first-order valence-electron chi connectivity index (χ1n) is 7.66. The Morgan fingerprint density at radius 3 is 2.42 bits per heavy atom. The molecule has 0 aliphatic carbocycles. The van der Waals surface area contributed by atoms with E-state index in [1.165, 1.54) is 17.1 Å². The smallest absolute Gasteiger partial charge is 0.258 e. The van der Waals surface area contributed by atoms with Gasteiger partial charge in [0.15, 0.2) is 0 Å². The van der Waals surface area contributed by atoms with Gasteiger partial charge in [0.25, 0.3) is 11.8 Å². The van der Waals surface area contributed by atoms with E-state index in [0.29, 0.717) is 5.69 Å². The molecule has 0 atom stereocenters. The van der Waals surface area contributed by atoms with E-state index in [-0.39, 0.29) is 11.8 Å². The number of aryl methyl sites for hydroxylation is 2. The van der Waals surface area contributed by atoms with Crippen LogP contribution in [0.5, 0.6) is 0 Å². The SMILES string of the molecule is Cc1cnc(C)c(-n2cc(N3C(=O)C=CC3=O)c3ccccc32)c1. The number of carbonyl (C=O) groups excluding carboxylic acids is 2. The molecule has 0 saturated carbocycles. The van der Waals surface area contributed by atoms with E-state index in [1.807, 2.05) is 61.1 Å². The number of anilines is 1. The minimum Gasteiger partial charge on any atom is -0.313 e. The first-order chi connectivity index (χ1) is 11.6. The van der Waals surface area contributed by atoms with Crippen LogP contribution >= 0.6 is 0 Å². The molecule has 1 aliphatic heterocycles. The minimum absolute atomic E-state index is 0.318. The van der Waals surface area contributed by atoms with Crippen LogP contribution in [0, 0.1) is 13.8 Å². The lowest BCUT2D eigenvalue weighted by molar-refractivity contribution is -0.119. The first kappa shape index (κ1) is 14.4. The molecule has 0 saturated heterocycles. The highest BCUT2D eigenvalue weighted by atomic mass is 16.2. The van der Waals surface area contributed by atoms with Crippen LogP contribution in [-0.2, 0) is 9.59 Å². The minimum atomic E-state index is -0.318. The quantitative estimate of drug-likeness (QED) is 0.683. The molecule has 5 nitrogen and oxygen atoms in total. The maximum Gasteiger partial charge on any atom is 0.258 e. The van der Waals surface area contributed by atoms with E-state index in [9.17, 15) is 9.59 Å². The Morgan fingerprint density at radius 1 is 0.958 bits per heavy atom. The van der Waals surface area contributed by atoms with E-state index in [0.717, 1.165) is 27.8 Å². The molecule has 24 heavy (non-hydrogen) atoms. The van der Waals surface area contributed by atoms with Crippen molar-refractivity contribution >= 4 is 28.4 Å². The molecule has 1 aliphatic rings. The summed E-state index contributed by atoms with van der Waals surface area (Å²) in [6.07, 6.45) is 6.25. The Hall–Kier alpha value is -3.21. The average molecular weight is 317 g/mol. The fourth-order valence-corrected chi connectivity index (χ4v) is 3.04. The van der Waals surface area contributed by atoms with Gasteiger partial charge < -0.3 is 4.57 Å². The highest BCUT2D eigenvalue weighted by Gasteiger charge is 2.28. The zero-order valence-electron chi connectivity index (χ0n) is 13.4. The fraction of sp³-hybridized carbons (Fsp3) is 0.105. The molecule has 2 amide bonds. The second-order valence-electron chi connectivity index (χ2n) is 5.86. The van der Waals surface area contributed by atoms with Crippen molar-refractivity contribution in [3.8, 4) is 5.69 Å². The van der Waals surface area contributed by atoms with Crippen LogP contribution in [0.25, 0.3) is 16.6 Å². The molecular weight excluding hydrogens is 302 g/mol. The Kier molecular flexibility index (Phi) is 3.09. The molecule has 0 radical (unpaired) electrons. The van der Waals surface area contributed by atoms with Gasteiger partial charge in [-0.2, -0.15) is 0 Å². The molecule has 0 bridgehead atoms. The molecule has 1 aromatic carbocycles. The summed E-state index contributed by atoms with van der Waals surface area (Å²) in [5.41, 5.74) is 4.38. The van der Waals surface area contributed by atoms with Gasteiger partial charge in [-0.3, -0.25) is 14.6 Å². The number of para-hydroxylation sites is 1. The van der Waals surface area contributed by atoms with Crippen molar-refractivity contribution < 1.29 is 9.59 Å². The van der Waals surface area contributed by atoms with Crippen molar-refractivity contribution in [3.63, 3.8) is 0 Å². The Morgan fingerprint density at radius 2 is 1.67 bits per heavy atom. The lowest BCUT2D eigenvalue weighted by atomic mass is 10.2. The van der Waals surface area contributed by atoms with Crippen LogP contribution in [-0.4, -0.2) is 21.4 Å². The van der Waals surface area contributed by atoms with Crippen molar-refractivity contribution in [1.82, 2.24) is 9.55 Å². The topological polar surface area (TPSA) is 55.2 Å². The number of rotatable bonds is 2. The highest BCUT2D eigenvalue weighted by molar-refractivity contribution is 6.30. The number of hydrogen-bond acceptors (Lipinski definition) is 3. The maximum absolute atomic E-state index is 12.1. The fourth-order valence-electron chi connectivity index (χ4n) is 3.04. The summed E-state index contributed by atoms with van der Waals surface area (Å²) in [4.78, 5) is 29.8. The van der Waals surface area contributed by atoms with Gasteiger partial charge in [0.2, 0.25) is 0 Å². The summed E-state index contributed by atoms with van der Waals surface area (Å²) < 4.78 is 1.98. The highest BCUT2D eigenvalue weighted by Crippen LogP contribution is 2.33. The average Bonchev–Trinajstić information content (AvgIpc) is 3.10. The number of fused-ring (bicyclic) bond motifs is 1. The number of nitrogens with zero attached hydrogens (tertiary/aromatic N) is 3. The van der Waals surface area contributed by atoms with Crippen molar-refractivity contribution in [1.29, 1.82) is 0 Å². The molecular formula is C19H15N3O2. The van der Waals surface area contributed by atoms with Crippen molar-refractivity contribution in [2.45, 2.75) is 13.8 Å². The zero-order valence-corrected chi connectivity index (χ0v) is 13.4. The standard InChI is InChI=1S/C19H15N3O2/c1-12-9-16(13(2)20-10-12)21-11-17(14-5-3-4-6-15(14)21)22-18(23)7-8-19(22)24/h3-11H,1-2H3. The van der Waals surface area contributed by atoms with Gasteiger partial charge in [0.05, 0.1) is 22.6 Å². The van der Waals surface area contributed by atoms with E-state index < -0.39 is 0 Å². The number of benzene rings is 1. The summed E-state index contributed by atoms with van der Waals surface area (Å²) in [5, 5.41) is 0.851. The molecule has 4 rings (SSSR count). The van der Waals surface area contributed by atoms with Gasteiger partial charge in [-0.05, 0) is 31.5 Å². The molecule has 3 aromatic rings. The Balaban J connectivity index is 2.00. The van der Waals surface area contributed by atoms with Crippen LogP contribution in [0.3, 0.4) is 0 Å². The molecule has 0 unspecified atom stereocenters. The number of pyridine rings is 1. The summed E-state index contributed by atoms with van der Waals surface area (Å²) >= 11 is 0. The van der Waals surface area contributed by atoms with Gasteiger partial charge in [-0.25, -0.2) is 4.90 Å². The predicted octanol–water partition coefficient (Wildman–Crippen LogP) is 3.07. The first-order valence-corrected chi connectivity index (χ1v) is 7.66. The number of aromatic nitrogens is 2. The summed E-state index contributed by atoms with van der Waals surface area (Å²) in [7, 11) is 0. The Labute approximate surface area is 138 Å². The van der Waals surface area contributed by atoms with Gasteiger partial charge in [0.1, 0.15) is 0 Å². The molecule has 0 spiro atoms. The molecule has 118 valence electrons. The second kappa shape index (κ2) is 5.16. The van der Waals surface area contributed by atoms with E-state index in [1.54, 1.807) is 0 Å².